The van der Waals surface area contributed by atoms with Crippen LogP contribution >= 0.6 is 11.6 Å². The van der Waals surface area contributed by atoms with E-state index >= 15 is 0 Å². The van der Waals surface area contributed by atoms with E-state index < -0.39 is 0 Å². The van der Waals surface area contributed by atoms with Gasteiger partial charge in [-0.2, -0.15) is 0 Å². The first-order chi connectivity index (χ1) is 8.26. The zero-order valence-corrected chi connectivity index (χ0v) is 11.4. The molecule has 0 unspecified atom stereocenters. The highest BCUT2D eigenvalue weighted by Gasteiger charge is 2.08. The monoisotopic (exact) mass is 254 g/mol. The smallest absolute Gasteiger partial charge is 0.167 e. The highest BCUT2D eigenvalue weighted by atomic mass is 35.5. The Balaban J connectivity index is 3.14. The van der Waals surface area contributed by atoms with Crippen LogP contribution in [0.5, 0.6) is 11.5 Å². The number of benzene rings is 1. The van der Waals surface area contributed by atoms with Crippen molar-refractivity contribution in [1.29, 1.82) is 0 Å². The maximum atomic E-state index is 5.87. The van der Waals surface area contributed by atoms with E-state index in [1.807, 2.05) is 25.1 Å². The summed E-state index contributed by atoms with van der Waals surface area (Å²) in [5, 5.41) is 0. The number of allylic oxidation sites excluding steroid dienone is 1. The molecule has 0 spiro atoms. The highest BCUT2D eigenvalue weighted by Crippen LogP contribution is 2.32. The van der Waals surface area contributed by atoms with E-state index in [4.69, 9.17) is 21.1 Å². The molecule has 0 atom stereocenters. The van der Waals surface area contributed by atoms with E-state index in [0.29, 0.717) is 12.5 Å². The number of alkyl halides is 1. The molecule has 0 amide bonds. The van der Waals surface area contributed by atoms with Gasteiger partial charge in [0.05, 0.1) is 13.7 Å². The van der Waals surface area contributed by atoms with Crippen LogP contribution in [0.1, 0.15) is 25.8 Å². The van der Waals surface area contributed by atoms with E-state index in [1.165, 1.54) is 5.57 Å². The fraction of sp³-hybridized carbons (Fsp3) is 0.429. The quantitative estimate of drug-likeness (QED) is 0.711. The summed E-state index contributed by atoms with van der Waals surface area (Å²) >= 11 is 5.87. The number of halogens is 1. The fourth-order valence-electron chi connectivity index (χ4n) is 1.59. The summed E-state index contributed by atoms with van der Waals surface area (Å²) in [6.45, 7) is 4.67. The second-order valence-corrected chi connectivity index (χ2v) is 3.87. The molecule has 0 bridgehead atoms. The number of rotatable bonds is 6. The maximum absolute atomic E-state index is 5.87. The Hall–Kier alpha value is -1.15. The molecule has 1 aromatic rings. The Morgan fingerprint density at radius 3 is 2.65 bits per heavy atom. The minimum Gasteiger partial charge on any atom is -0.492 e. The lowest BCUT2D eigenvalue weighted by molar-refractivity contribution is 0.310. The Labute approximate surface area is 108 Å². The van der Waals surface area contributed by atoms with Gasteiger partial charge in [-0.1, -0.05) is 30.7 Å². The van der Waals surface area contributed by atoms with Crippen LogP contribution in [-0.4, -0.2) is 19.6 Å². The van der Waals surface area contributed by atoms with Crippen molar-refractivity contribution in [3.05, 3.63) is 29.3 Å². The van der Waals surface area contributed by atoms with Crippen molar-refractivity contribution < 1.29 is 9.47 Å². The van der Waals surface area contributed by atoms with Gasteiger partial charge in [0.2, 0.25) is 0 Å². The van der Waals surface area contributed by atoms with Crippen LogP contribution in [0.25, 0.3) is 6.08 Å². The molecule has 1 rings (SSSR count). The molecular weight excluding hydrogens is 236 g/mol. The Morgan fingerprint density at radius 2 is 2.12 bits per heavy atom. The molecule has 0 aromatic heterocycles. The third-order valence-corrected chi connectivity index (χ3v) is 2.84. The van der Waals surface area contributed by atoms with E-state index in [1.54, 1.807) is 7.11 Å². The lowest BCUT2D eigenvalue weighted by atomic mass is 10.1. The van der Waals surface area contributed by atoms with Gasteiger partial charge in [-0.25, -0.2) is 0 Å². The van der Waals surface area contributed by atoms with Crippen LogP contribution in [0.4, 0.5) is 0 Å². The first kappa shape index (κ1) is 13.9. The van der Waals surface area contributed by atoms with Crippen LogP contribution in [0.15, 0.2) is 23.8 Å². The SMILES string of the molecule is CCOc1cccc(C=C(CC)CCl)c1OC. The number of para-hydroxylation sites is 1. The van der Waals surface area contributed by atoms with Gasteiger partial charge in [-0.05, 0) is 19.4 Å². The van der Waals surface area contributed by atoms with Gasteiger partial charge in [0, 0.05) is 11.4 Å². The van der Waals surface area contributed by atoms with Crippen molar-refractivity contribution in [1.82, 2.24) is 0 Å². The summed E-state index contributed by atoms with van der Waals surface area (Å²) in [5.41, 5.74) is 2.19. The molecule has 94 valence electrons. The fourth-order valence-corrected chi connectivity index (χ4v) is 1.86. The van der Waals surface area contributed by atoms with E-state index in [-0.39, 0.29) is 0 Å². The number of methoxy groups -OCH3 is 1. The Morgan fingerprint density at radius 1 is 1.35 bits per heavy atom. The number of hydrogen-bond acceptors (Lipinski definition) is 2. The van der Waals surface area contributed by atoms with Gasteiger partial charge in [0.1, 0.15) is 0 Å². The molecule has 0 saturated carbocycles. The highest BCUT2D eigenvalue weighted by molar-refractivity contribution is 6.19. The van der Waals surface area contributed by atoms with Crippen LogP contribution in [-0.2, 0) is 0 Å². The van der Waals surface area contributed by atoms with Crippen LogP contribution < -0.4 is 9.47 Å². The molecule has 1 aromatic carbocycles. The first-order valence-corrected chi connectivity index (χ1v) is 6.35. The molecule has 0 aliphatic heterocycles. The third kappa shape index (κ3) is 3.67. The van der Waals surface area contributed by atoms with Gasteiger partial charge in [0.15, 0.2) is 11.5 Å². The minimum atomic E-state index is 0.540. The molecule has 3 heteroatoms. The first-order valence-electron chi connectivity index (χ1n) is 5.82. The molecule has 0 heterocycles. The number of ether oxygens (including phenoxy) is 2. The average molecular weight is 255 g/mol. The Kier molecular flexibility index (Phi) is 5.92. The average Bonchev–Trinajstić information content (AvgIpc) is 2.36. The lowest BCUT2D eigenvalue weighted by Gasteiger charge is -2.12. The molecular formula is C14H19ClO2. The van der Waals surface area contributed by atoms with Crippen LogP contribution in [0.3, 0.4) is 0 Å². The largest absolute Gasteiger partial charge is 0.492 e. The molecule has 0 aliphatic rings. The minimum absolute atomic E-state index is 0.540. The Bertz CT molecular complexity index is 380. The van der Waals surface area contributed by atoms with Crippen molar-refractivity contribution >= 4 is 17.7 Å². The predicted molar refractivity (Wildman–Crippen MR) is 73.2 cm³/mol. The molecule has 2 nitrogen and oxygen atoms in total. The van der Waals surface area contributed by atoms with E-state index in [9.17, 15) is 0 Å². The summed E-state index contributed by atoms with van der Waals surface area (Å²) in [6.07, 6.45) is 3.00. The summed E-state index contributed by atoms with van der Waals surface area (Å²) in [7, 11) is 1.65. The van der Waals surface area contributed by atoms with Crippen molar-refractivity contribution in [3.63, 3.8) is 0 Å². The number of hydrogen-bond donors (Lipinski definition) is 0. The molecule has 0 saturated heterocycles. The maximum Gasteiger partial charge on any atom is 0.167 e. The van der Waals surface area contributed by atoms with Gasteiger partial charge in [-0.3, -0.25) is 0 Å². The normalized spacial score (nSPS) is 11.4. The molecule has 0 aliphatic carbocycles. The zero-order valence-electron chi connectivity index (χ0n) is 10.6. The summed E-state index contributed by atoms with van der Waals surface area (Å²) in [6, 6.07) is 5.87. The second-order valence-electron chi connectivity index (χ2n) is 3.60. The second kappa shape index (κ2) is 7.23. The van der Waals surface area contributed by atoms with Gasteiger partial charge >= 0.3 is 0 Å². The predicted octanol–water partition coefficient (Wildman–Crippen LogP) is 4.13. The van der Waals surface area contributed by atoms with Crippen LogP contribution in [0.2, 0.25) is 0 Å². The summed E-state index contributed by atoms with van der Waals surface area (Å²) in [4.78, 5) is 0. The topological polar surface area (TPSA) is 18.5 Å². The van der Waals surface area contributed by atoms with E-state index in [0.717, 1.165) is 23.5 Å². The van der Waals surface area contributed by atoms with Gasteiger partial charge in [0.25, 0.3) is 0 Å². The van der Waals surface area contributed by atoms with Crippen molar-refractivity contribution in [2.24, 2.45) is 0 Å². The van der Waals surface area contributed by atoms with Gasteiger partial charge < -0.3 is 9.47 Å². The zero-order chi connectivity index (χ0) is 12.7. The third-order valence-electron chi connectivity index (χ3n) is 2.50. The van der Waals surface area contributed by atoms with Crippen molar-refractivity contribution in [2.45, 2.75) is 20.3 Å². The van der Waals surface area contributed by atoms with E-state index in [2.05, 4.69) is 13.0 Å². The van der Waals surface area contributed by atoms with Gasteiger partial charge in [-0.15, -0.1) is 11.6 Å². The molecule has 0 fully saturated rings. The lowest BCUT2D eigenvalue weighted by Crippen LogP contribution is -1.97. The summed E-state index contributed by atoms with van der Waals surface area (Å²) < 4.78 is 10.9. The molecule has 0 N–H and O–H groups in total. The molecule has 17 heavy (non-hydrogen) atoms. The van der Waals surface area contributed by atoms with Crippen LogP contribution in [0, 0.1) is 0 Å². The van der Waals surface area contributed by atoms with Crippen molar-refractivity contribution in [2.75, 3.05) is 19.6 Å². The molecule has 0 radical (unpaired) electrons. The standard InChI is InChI=1S/C14H19ClO2/c1-4-11(10-15)9-12-7-6-8-13(17-5-2)14(12)16-3/h6-9H,4-5,10H2,1-3H3. The van der Waals surface area contributed by atoms with Crippen molar-refractivity contribution in [3.8, 4) is 11.5 Å². The summed E-state index contributed by atoms with van der Waals surface area (Å²) in [5.74, 6) is 2.08.